The molecule has 2 aromatic rings. The first-order chi connectivity index (χ1) is 14.3. The maximum absolute atomic E-state index is 13.6. The van der Waals surface area contributed by atoms with Gasteiger partial charge in [0.15, 0.2) is 0 Å². The molecule has 1 aromatic heterocycles. The summed E-state index contributed by atoms with van der Waals surface area (Å²) in [4.78, 5) is 29.2. The molecule has 3 aliphatic rings. The molecule has 0 unspecified atom stereocenters. The summed E-state index contributed by atoms with van der Waals surface area (Å²) in [5.74, 6) is 1.26. The molecule has 0 spiro atoms. The third kappa shape index (κ3) is 3.62. The summed E-state index contributed by atoms with van der Waals surface area (Å²) in [5, 5.41) is 0. The van der Waals surface area contributed by atoms with Crippen molar-refractivity contribution in [1.82, 2.24) is 19.8 Å². The van der Waals surface area contributed by atoms with Crippen molar-refractivity contribution in [2.45, 2.75) is 37.8 Å². The van der Waals surface area contributed by atoms with Gasteiger partial charge in [-0.25, -0.2) is 9.97 Å². The molecular weight excluding hydrogens is 362 g/mol. The van der Waals surface area contributed by atoms with Crippen LogP contribution in [0.25, 0.3) is 0 Å². The Balaban J connectivity index is 1.29. The molecule has 1 amide bonds. The second-order valence-corrected chi connectivity index (χ2v) is 8.43. The van der Waals surface area contributed by atoms with Crippen LogP contribution in [0.1, 0.15) is 37.3 Å². The summed E-state index contributed by atoms with van der Waals surface area (Å²) in [6.07, 6.45) is 7.84. The Bertz CT molecular complexity index is 830. The monoisotopic (exact) mass is 391 g/mol. The van der Waals surface area contributed by atoms with Gasteiger partial charge in [-0.2, -0.15) is 0 Å². The quantitative estimate of drug-likeness (QED) is 0.805. The molecule has 3 saturated heterocycles. The second kappa shape index (κ2) is 8.11. The van der Waals surface area contributed by atoms with Crippen LogP contribution in [0.15, 0.2) is 48.8 Å². The lowest BCUT2D eigenvalue weighted by Crippen LogP contribution is -2.42. The van der Waals surface area contributed by atoms with E-state index >= 15 is 0 Å². The van der Waals surface area contributed by atoms with Gasteiger partial charge in [0.25, 0.3) is 0 Å². The largest absolute Gasteiger partial charge is 0.341 e. The maximum atomic E-state index is 13.6. The van der Waals surface area contributed by atoms with Gasteiger partial charge in [0.05, 0.1) is 5.92 Å². The number of aromatic nitrogens is 2. The Morgan fingerprint density at radius 1 is 0.897 bits per heavy atom. The average molecular weight is 392 g/mol. The number of anilines is 1. The highest BCUT2D eigenvalue weighted by Crippen LogP contribution is 2.45. The van der Waals surface area contributed by atoms with Gasteiger partial charge in [-0.3, -0.25) is 9.69 Å². The van der Waals surface area contributed by atoms with E-state index in [0.29, 0.717) is 18.0 Å². The normalized spacial score (nSPS) is 27.7. The van der Waals surface area contributed by atoms with Crippen LogP contribution in [0.2, 0.25) is 0 Å². The lowest BCUT2D eigenvalue weighted by atomic mass is 9.93. The summed E-state index contributed by atoms with van der Waals surface area (Å²) in [5.41, 5.74) is 1.36. The van der Waals surface area contributed by atoms with Gasteiger partial charge < -0.3 is 9.80 Å². The van der Waals surface area contributed by atoms with E-state index in [2.05, 4.69) is 55.0 Å². The van der Waals surface area contributed by atoms with Crippen molar-refractivity contribution in [2.24, 2.45) is 5.92 Å². The van der Waals surface area contributed by atoms with Crippen molar-refractivity contribution >= 4 is 11.9 Å². The first-order valence-corrected chi connectivity index (χ1v) is 10.9. The zero-order chi connectivity index (χ0) is 19.6. The molecule has 152 valence electrons. The number of carbonyl (C=O) groups excluding carboxylic acids is 1. The summed E-state index contributed by atoms with van der Waals surface area (Å²) < 4.78 is 0. The zero-order valence-electron chi connectivity index (χ0n) is 16.9. The first-order valence-electron chi connectivity index (χ1n) is 10.9. The van der Waals surface area contributed by atoms with Crippen LogP contribution in [0.3, 0.4) is 0 Å². The average Bonchev–Trinajstić information content (AvgIpc) is 3.29. The minimum atomic E-state index is 0.127. The van der Waals surface area contributed by atoms with Crippen LogP contribution >= 0.6 is 0 Å². The van der Waals surface area contributed by atoms with Gasteiger partial charge in [-0.15, -0.1) is 0 Å². The SMILES string of the molecule is O=C([C@H]1C[C@@H](c2ccccc2)N2CCC[C@H]12)N1CCCN(c2ncccn2)CC1. The predicted octanol–water partition coefficient (Wildman–Crippen LogP) is 2.74. The van der Waals surface area contributed by atoms with Crippen LogP contribution in [-0.2, 0) is 4.79 Å². The van der Waals surface area contributed by atoms with E-state index < -0.39 is 0 Å². The number of rotatable bonds is 3. The van der Waals surface area contributed by atoms with E-state index in [0.717, 1.165) is 57.9 Å². The van der Waals surface area contributed by atoms with Gasteiger partial charge in [0.2, 0.25) is 11.9 Å². The van der Waals surface area contributed by atoms with E-state index in [1.54, 1.807) is 12.4 Å². The third-order valence-corrected chi connectivity index (χ3v) is 6.83. The van der Waals surface area contributed by atoms with Crippen molar-refractivity contribution in [3.05, 3.63) is 54.4 Å². The topological polar surface area (TPSA) is 52.6 Å². The second-order valence-electron chi connectivity index (χ2n) is 8.43. The molecule has 6 nitrogen and oxygen atoms in total. The number of nitrogens with zero attached hydrogens (tertiary/aromatic N) is 5. The number of hydrogen-bond acceptors (Lipinski definition) is 5. The molecule has 3 atom stereocenters. The Labute approximate surface area is 172 Å². The molecule has 4 heterocycles. The Kier molecular flexibility index (Phi) is 5.19. The van der Waals surface area contributed by atoms with E-state index in [9.17, 15) is 4.79 Å². The van der Waals surface area contributed by atoms with Crippen molar-refractivity contribution in [1.29, 1.82) is 0 Å². The number of fused-ring (bicyclic) bond motifs is 1. The van der Waals surface area contributed by atoms with Gasteiger partial charge in [-0.05, 0) is 43.9 Å². The molecule has 29 heavy (non-hydrogen) atoms. The molecule has 1 aromatic carbocycles. The summed E-state index contributed by atoms with van der Waals surface area (Å²) in [7, 11) is 0. The van der Waals surface area contributed by atoms with Gasteiger partial charge >= 0.3 is 0 Å². The highest BCUT2D eigenvalue weighted by atomic mass is 16.2. The van der Waals surface area contributed by atoms with Crippen LogP contribution < -0.4 is 4.90 Å². The van der Waals surface area contributed by atoms with Gasteiger partial charge in [-0.1, -0.05) is 30.3 Å². The third-order valence-electron chi connectivity index (χ3n) is 6.83. The first kappa shape index (κ1) is 18.6. The Morgan fingerprint density at radius 3 is 2.55 bits per heavy atom. The fourth-order valence-electron chi connectivity index (χ4n) is 5.46. The predicted molar refractivity (Wildman–Crippen MR) is 112 cm³/mol. The Hall–Kier alpha value is -2.47. The van der Waals surface area contributed by atoms with Crippen LogP contribution in [0, 0.1) is 5.92 Å². The van der Waals surface area contributed by atoms with Crippen LogP contribution in [0.5, 0.6) is 0 Å². The maximum Gasteiger partial charge on any atom is 0.227 e. The minimum absolute atomic E-state index is 0.127. The molecule has 0 aliphatic carbocycles. The molecule has 5 rings (SSSR count). The molecule has 0 saturated carbocycles. The molecule has 6 heteroatoms. The molecular formula is C23H29N5O. The standard InChI is InChI=1S/C23H29N5O/c29-22(26-12-6-13-27(16-15-26)23-24-10-5-11-25-23)19-17-21(18-7-2-1-3-8-18)28-14-4-9-20(19)28/h1-3,5,7-8,10-11,19-21H,4,6,9,12-17H2/t19-,20+,21-/m0/s1. The molecule has 0 bridgehead atoms. The number of carbonyl (C=O) groups is 1. The number of benzene rings is 1. The zero-order valence-corrected chi connectivity index (χ0v) is 16.9. The number of hydrogen-bond donors (Lipinski definition) is 0. The van der Waals surface area contributed by atoms with Crippen molar-refractivity contribution < 1.29 is 4.79 Å². The van der Waals surface area contributed by atoms with Crippen molar-refractivity contribution in [3.63, 3.8) is 0 Å². The molecule has 3 aliphatic heterocycles. The molecule has 3 fully saturated rings. The summed E-state index contributed by atoms with van der Waals surface area (Å²) in [6.45, 7) is 4.42. The summed E-state index contributed by atoms with van der Waals surface area (Å²) in [6, 6.07) is 13.4. The van der Waals surface area contributed by atoms with Gasteiger partial charge in [0.1, 0.15) is 0 Å². The fourth-order valence-corrected chi connectivity index (χ4v) is 5.46. The van der Waals surface area contributed by atoms with E-state index in [4.69, 9.17) is 0 Å². The molecule has 0 N–H and O–H groups in total. The lowest BCUT2D eigenvalue weighted by Gasteiger charge is -2.27. The highest BCUT2D eigenvalue weighted by Gasteiger charge is 2.48. The van der Waals surface area contributed by atoms with E-state index in [-0.39, 0.29) is 5.92 Å². The van der Waals surface area contributed by atoms with Crippen molar-refractivity contribution in [2.75, 3.05) is 37.6 Å². The van der Waals surface area contributed by atoms with Crippen LogP contribution in [0.4, 0.5) is 5.95 Å². The number of amides is 1. The minimum Gasteiger partial charge on any atom is -0.341 e. The fraction of sp³-hybridized carbons (Fsp3) is 0.522. The Morgan fingerprint density at radius 2 is 1.72 bits per heavy atom. The van der Waals surface area contributed by atoms with Crippen LogP contribution in [-0.4, -0.2) is 64.4 Å². The lowest BCUT2D eigenvalue weighted by molar-refractivity contribution is -0.135. The van der Waals surface area contributed by atoms with Gasteiger partial charge in [0, 0.05) is 50.7 Å². The highest BCUT2D eigenvalue weighted by molar-refractivity contribution is 5.80. The summed E-state index contributed by atoms with van der Waals surface area (Å²) >= 11 is 0. The molecule has 0 radical (unpaired) electrons. The van der Waals surface area contributed by atoms with E-state index in [1.165, 1.54) is 12.0 Å². The van der Waals surface area contributed by atoms with Crippen molar-refractivity contribution in [3.8, 4) is 0 Å². The van der Waals surface area contributed by atoms with E-state index in [1.807, 2.05) is 6.07 Å². The smallest absolute Gasteiger partial charge is 0.227 e.